The molecule has 1 aromatic heterocycles. The highest BCUT2D eigenvalue weighted by Gasteiger charge is 2.26. The van der Waals surface area contributed by atoms with Crippen LogP contribution in [-0.4, -0.2) is 81.5 Å². The molecule has 1 aromatic rings. The lowest BCUT2D eigenvalue weighted by atomic mass is 10.1. The third kappa shape index (κ3) is 6.72. The lowest BCUT2D eigenvalue weighted by Crippen LogP contribution is -2.45. The van der Waals surface area contributed by atoms with E-state index in [1.165, 1.54) is 17.7 Å². The fraction of sp³-hybridized carbons (Fsp3) is 0.762. The molecule has 28 heavy (non-hydrogen) atoms. The number of morpholine rings is 1. The molecule has 2 unspecified atom stereocenters. The Bertz CT molecular complexity index is 591. The number of thiophene rings is 1. The van der Waals surface area contributed by atoms with Crippen LogP contribution >= 0.6 is 11.3 Å². The molecule has 7 heteroatoms. The topological polar surface area (TPSA) is 49.3 Å². The van der Waals surface area contributed by atoms with Gasteiger partial charge < -0.3 is 19.7 Å². The molecule has 158 valence electrons. The van der Waals surface area contributed by atoms with E-state index in [4.69, 9.17) is 14.5 Å². The van der Waals surface area contributed by atoms with Crippen LogP contribution in [0.15, 0.2) is 22.5 Å². The van der Waals surface area contributed by atoms with E-state index in [0.29, 0.717) is 6.04 Å². The number of hydrogen-bond acceptors (Lipinski definition) is 5. The van der Waals surface area contributed by atoms with Crippen LogP contribution in [-0.2, 0) is 9.47 Å². The molecule has 0 bridgehead atoms. The van der Waals surface area contributed by atoms with E-state index in [0.717, 1.165) is 64.4 Å². The predicted molar refractivity (Wildman–Crippen MR) is 116 cm³/mol. The maximum Gasteiger partial charge on any atom is 0.193 e. The van der Waals surface area contributed by atoms with Gasteiger partial charge in [-0.15, -0.1) is 11.3 Å². The van der Waals surface area contributed by atoms with Crippen molar-refractivity contribution in [3.05, 3.63) is 22.4 Å². The molecule has 1 aliphatic heterocycles. The highest BCUT2D eigenvalue weighted by molar-refractivity contribution is 7.10. The summed E-state index contributed by atoms with van der Waals surface area (Å²) < 4.78 is 11.5. The van der Waals surface area contributed by atoms with Gasteiger partial charge in [0.2, 0.25) is 0 Å². The van der Waals surface area contributed by atoms with Crippen LogP contribution in [0.5, 0.6) is 0 Å². The minimum Gasteiger partial charge on any atom is -0.379 e. The van der Waals surface area contributed by atoms with E-state index in [1.54, 1.807) is 0 Å². The van der Waals surface area contributed by atoms with Crippen LogP contribution in [0, 0.1) is 5.92 Å². The highest BCUT2D eigenvalue weighted by atomic mass is 32.1. The summed E-state index contributed by atoms with van der Waals surface area (Å²) >= 11 is 1.82. The second-order valence-corrected chi connectivity index (χ2v) is 8.82. The van der Waals surface area contributed by atoms with Gasteiger partial charge in [-0.2, -0.15) is 0 Å². The van der Waals surface area contributed by atoms with Gasteiger partial charge in [-0.25, -0.2) is 0 Å². The Morgan fingerprint density at radius 2 is 2.36 bits per heavy atom. The van der Waals surface area contributed by atoms with Gasteiger partial charge in [0, 0.05) is 44.7 Å². The minimum absolute atomic E-state index is 0.278. The molecule has 1 saturated heterocycles. The van der Waals surface area contributed by atoms with Crippen molar-refractivity contribution in [2.24, 2.45) is 10.9 Å². The zero-order chi connectivity index (χ0) is 19.8. The van der Waals surface area contributed by atoms with E-state index in [1.807, 2.05) is 11.3 Å². The molecule has 0 spiro atoms. The van der Waals surface area contributed by atoms with Crippen molar-refractivity contribution >= 4 is 17.3 Å². The van der Waals surface area contributed by atoms with Crippen LogP contribution in [0.4, 0.5) is 0 Å². The number of ether oxygens (including phenoxy) is 2. The first-order valence-electron chi connectivity index (χ1n) is 10.6. The summed E-state index contributed by atoms with van der Waals surface area (Å²) in [5.74, 6) is 1.77. The Morgan fingerprint density at radius 3 is 3.04 bits per heavy atom. The van der Waals surface area contributed by atoms with Gasteiger partial charge in [-0.1, -0.05) is 6.07 Å². The Balaban J connectivity index is 1.59. The Kier molecular flexibility index (Phi) is 8.58. The standard InChI is InChI=1S/C21H36N4O2S/c1-4-22-21(24(3)9-11-26-16-18-7-8-18)23-14-19(20-6-5-13-28-20)25-10-12-27-17(2)15-25/h5-6,13,17-19H,4,7-12,14-16H2,1-3H3,(H,22,23). The van der Waals surface area contributed by atoms with Crippen molar-refractivity contribution in [1.82, 2.24) is 15.1 Å². The van der Waals surface area contributed by atoms with Crippen LogP contribution in [0.1, 0.15) is 37.6 Å². The SMILES string of the molecule is CCNC(=NCC(c1cccs1)N1CCOC(C)C1)N(C)CCOCC1CC1. The van der Waals surface area contributed by atoms with Crippen molar-refractivity contribution in [1.29, 1.82) is 0 Å². The van der Waals surface area contributed by atoms with Crippen molar-refractivity contribution < 1.29 is 9.47 Å². The Hall–Kier alpha value is -1.15. The van der Waals surface area contributed by atoms with Gasteiger partial charge in [0.05, 0.1) is 31.9 Å². The summed E-state index contributed by atoms with van der Waals surface area (Å²) in [4.78, 5) is 11.1. The van der Waals surface area contributed by atoms with E-state index in [2.05, 4.69) is 53.5 Å². The molecule has 0 amide bonds. The average molecular weight is 409 g/mol. The van der Waals surface area contributed by atoms with Crippen LogP contribution in [0.3, 0.4) is 0 Å². The molecule has 0 aromatic carbocycles. The van der Waals surface area contributed by atoms with Gasteiger partial charge >= 0.3 is 0 Å². The Morgan fingerprint density at radius 1 is 1.50 bits per heavy atom. The number of aliphatic imine (C=N–C) groups is 1. The number of likely N-dealkylation sites (N-methyl/N-ethyl adjacent to an activating group) is 1. The molecule has 2 atom stereocenters. The maximum absolute atomic E-state index is 5.80. The van der Waals surface area contributed by atoms with Gasteiger partial charge in [0.25, 0.3) is 0 Å². The van der Waals surface area contributed by atoms with Crippen molar-refractivity contribution in [3.63, 3.8) is 0 Å². The summed E-state index contributed by atoms with van der Waals surface area (Å²) in [5.41, 5.74) is 0. The fourth-order valence-electron chi connectivity index (χ4n) is 3.48. The molecule has 0 radical (unpaired) electrons. The summed E-state index contributed by atoms with van der Waals surface area (Å²) in [7, 11) is 2.10. The van der Waals surface area contributed by atoms with Gasteiger partial charge in [0.1, 0.15) is 0 Å². The van der Waals surface area contributed by atoms with Gasteiger partial charge in [-0.3, -0.25) is 9.89 Å². The number of guanidine groups is 1. The molecule has 6 nitrogen and oxygen atoms in total. The quantitative estimate of drug-likeness (QED) is 0.367. The summed E-state index contributed by atoms with van der Waals surface area (Å²) in [6.07, 6.45) is 2.95. The second-order valence-electron chi connectivity index (χ2n) is 7.84. The van der Waals surface area contributed by atoms with Crippen LogP contribution < -0.4 is 5.32 Å². The lowest BCUT2D eigenvalue weighted by molar-refractivity contribution is -0.0327. The first kappa shape index (κ1) is 21.6. The summed E-state index contributed by atoms with van der Waals surface area (Å²) in [6, 6.07) is 4.67. The largest absolute Gasteiger partial charge is 0.379 e. The normalized spacial score (nSPS) is 22.2. The molecule has 2 fully saturated rings. The summed E-state index contributed by atoms with van der Waals surface area (Å²) in [5, 5.41) is 5.59. The molecular formula is C21H36N4O2S. The molecule has 1 N–H and O–H groups in total. The molecule has 3 rings (SSSR count). The third-order valence-electron chi connectivity index (χ3n) is 5.32. The molecule has 1 aliphatic carbocycles. The van der Waals surface area contributed by atoms with E-state index < -0.39 is 0 Å². The van der Waals surface area contributed by atoms with Crippen molar-refractivity contribution in [2.75, 3.05) is 59.6 Å². The monoisotopic (exact) mass is 408 g/mol. The zero-order valence-electron chi connectivity index (χ0n) is 17.6. The average Bonchev–Trinajstić information content (AvgIpc) is 3.36. The number of hydrogen-bond donors (Lipinski definition) is 1. The van der Waals surface area contributed by atoms with E-state index >= 15 is 0 Å². The number of nitrogens with zero attached hydrogens (tertiary/aromatic N) is 3. The van der Waals surface area contributed by atoms with Crippen molar-refractivity contribution in [2.45, 2.75) is 38.8 Å². The second kappa shape index (κ2) is 11.1. The molecule has 2 heterocycles. The smallest absolute Gasteiger partial charge is 0.193 e. The molecule has 2 aliphatic rings. The number of nitrogens with one attached hydrogen (secondary N) is 1. The minimum atomic E-state index is 0.278. The predicted octanol–water partition coefficient (Wildman–Crippen LogP) is 2.83. The third-order valence-corrected chi connectivity index (χ3v) is 6.29. The zero-order valence-corrected chi connectivity index (χ0v) is 18.4. The molecular weight excluding hydrogens is 372 g/mol. The highest BCUT2D eigenvalue weighted by Crippen LogP contribution is 2.29. The van der Waals surface area contributed by atoms with Crippen LogP contribution in [0.25, 0.3) is 0 Å². The van der Waals surface area contributed by atoms with E-state index in [9.17, 15) is 0 Å². The first-order valence-corrected chi connectivity index (χ1v) is 11.5. The Labute approximate surface area is 173 Å². The van der Waals surface area contributed by atoms with E-state index in [-0.39, 0.29) is 6.10 Å². The van der Waals surface area contributed by atoms with Gasteiger partial charge in [-0.05, 0) is 44.1 Å². The number of rotatable bonds is 10. The maximum atomic E-state index is 5.80. The summed E-state index contributed by atoms with van der Waals surface area (Å²) in [6.45, 7) is 11.1. The van der Waals surface area contributed by atoms with Crippen molar-refractivity contribution in [3.8, 4) is 0 Å². The van der Waals surface area contributed by atoms with Crippen LogP contribution in [0.2, 0.25) is 0 Å². The van der Waals surface area contributed by atoms with Gasteiger partial charge in [0.15, 0.2) is 5.96 Å². The molecule has 1 saturated carbocycles. The fourth-order valence-corrected chi connectivity index (χ4v) is 4.33. The lowest BCUT2D eigenvalue weighted by Gasteiger charge is -2.36. The first-order chi connectivity index (χ1) is 13.7.